The van der Waals surface area contributed by atoms with Crippen molar-refractivity contribution in [2.75, 3.05) is 13.1 Å². The fourth-order valence-corrected chi connectivity index (χ4v) is 2.21. The molecule has 1 aliphatic heterocycles. The average molecular weight is 255 g/mol. The van der Waals surface area contributed by atoms with Gasteiger partial charge in [0.1, 0.15) is 0 Å². The lowest BCUT2D eigenvalue weighted by Gasteiger charge is -2.27. The maximum atomic E-state index is 11.9. The van der Waals surface area contributed by atoms with Crippen LogP contribution in [-0.2, 0) is 9.59 Å². The maximum absolute atomic E-state index is 11.9. The lowest BCUT2D eigenvalue weighted by Crippen LogP contribution is -2.43. The van der Waals surface area contributed by atoms with Crippen molar-refractivity contribution in [2.45, 2.75) is 52.1 Å². The molecule has 0 aliphatic carbocycles. The predicted molar refractivity (Wildman–Crippen MR) is 71.1 cm³/mol. The molecule has 1 aliphatic rings. The first-order valence-electron chi connectivity index (χ1n) is 6.79. The van der Waals surface area contributed by atoms with Crippen LogP contribution in [0.1, 0.15) is 40.0 Å². The van der Waals surface area contributed by atoms with Crippen LogP contribution >= 0.6 is 0 Å². The highest BCUT2D eigenvalue weighted by Gasteiger charge is 2.24. The Morgan fingerprint density at radius 3 is 2.72 bits per heavy atom. The summed E-state index contributed by atoms with van der Waals surface area (Å²) >= 11 is 0. The molecule has 18 heavy (non-hydrogen) atoms. The highest BCUT2D eigenvalue weighted by Crippen LogP contribution is 2.15. The van der Waals surface area contributed by atoms with Gasteiger partial charge in [-0.15, -0.1) is 0 Å². The minimum Gasteiger partial charge on any atom is -0.355 e. The van der Waals surface area contributed by atoms with E-state index in [4.69, 9.17) is 0 Å². The number of carbonyl (C=O) groups excluding carboxylic acids is 2. The molecule has 0 aromatic rings. The third-order valence-electron chi connectivity index (χ3n) is 3.10. The quantitative estimate of drug-likeness (QED) is 0.666. The lowest BCUT2D eigenvalue weighted by molar-refractivity contribution is -0.126. The van der Waals surface area contributed by atoms with Crippen molar-refractivity contribution in [1.29, 1.82) is 0 Å². The lowest BCUT2D eigenvalue weighted by atomic mass is 9.92. The van der Waals surface area contributed by atoms with E-state index < -0.39 is 0 Å². The highest BCUT2D eigenvalue weighted by atomic mass is 16.2. The highest BCUT2D eigenvalue weighted by molar-refractivity contribution is 5.80. The van der Waals surface area contributed by atoms with Gasteiger partial charge in [-0.1, -0.05) is 0 Å². The second-order valence-corrected chi connectivity index (χ2v) is 5.34. The molecule has 0 saturated carbocycles. The summed E-state index contributed by atoms with van der Waals surface area (Å²) in [5.74, 6) is 0.166. The van der Waals surface area contributed by atoms with Crippen LogP contribution in [0.3, 0.4) is 0 Å². The summed E-state index contributed by atoms with van der Waals surface area (Å²) in [6.07, 6.45) is 2.11. The summed E-state index contributed by atoms with van der Waals surface area (Å²) in [7, 11) is 0. The van der Waals surface area contributed by atoms with Crippen LogP contribution in [0.25, 0.3) is 0 Å². The van der Waals surface area contributed by atoms with E-state index in [0.717, 1.165) is 19.4 Å². The van der Waals surface area contributed by atoms with Crippen molar-refractivity contribution >= 4 is 11.8 Å². The summed E-state index contributed by atoms with van der Waals surface area (Å²) in [5.41, 5.74) is 0. The van der Waals surface area contributed by atoms with Crippen LogP contribution in [0.15, 0.2) is 0 Å². The Balaban J connectivity index is 2.18. The van der Waals surface area contributed by atoms with Crippen LogP contribution in [0.2, 0.25) is 0 Å². The van der Waals surface area contributed by atoms with Crippen molar-refractivity contribution in [1.82, 2.24) is 16.0 Å². The van der Waals surface area contributed by atoms with E-state index >= 15 is 0 Å². The molecule has 1 fully saturated rings. The molecule has 1 rings (SSSR count). The number of nitrogens with one attached hydrogen (secondary N) is 3. The van der Waals surface area contributed by atoms with Gasteiger partial charge in [0.25, 0.3) is 0 Å². The Kier molecular flexibility index (Phi) is 6.12. The van der Waals surface area contributed by atoms with Gasteiger partial charge in [-0.05, 0) is 40.2 Å². The second kappa shape index (κ2) is 7.36. The maximum Gasteiger partial charge on any atom is 0.223 e. The summed E-state index contributed by atoms with van der Waals surface area (Å²) in [6.45, 7) is 7.26. The molecule has 2 atom stereocenters. The molecule has 3 N–H and O–H groups in total. The SMILES string of the molecule is CC(C)NC(=O)CCNC(=O)C1CCNC(C)C1. The summed E-state index contributed by atoms with van der Waals surface area (Å²) in [5, 5.41) is 8.97. The first-order chi connectivity index (χ1) is 8.49. The minimum atomic E-state index is -0.0102. The first-order valence-corrected chi connectivity index (χ1v) is 6.79. The van der Waals surface area contributed by atoms with Crippen molar-refractivity contribution in [3.63, 3.8) is 0 Å². The number of piperidine rings is 1. The molecule has 0 aromatic carbocycles. The van der Waals surface area contributed by atoms with Gasteiger partial charge in [0, 0.05) is 31.0 Å². The normalized spacial score (nSPS) is 23.8. The molecule has 0 spiro atoms. The molecule has 104 valence electrons. The third-order valence-corrected chi connectivity index (χ3v) is 3.10. The minimum absolute atomic E-state index is 0.0102. The molecule has 2 unspecified atom stereocenters. The fourth-order valence-electron chi connectivity index (χ4n) is 2.21. The molecule has 1 saturated heterocycles. The van der Waals surface area contributed by atoms with E-state index in [1.165, 1.54) is 0 Å². The van der Waals surface area contributed by atoms with Crippen LogP contribution in [0.4, 0.5) is 0 Å². The molecule has 0 aromatic heterocycles. The standard InChI is InChI=1S/C13H25N3O2/c1-9(2)16-12(17)5-7-15-13(18)11-4-6-14-10(3)8-11/h9-11,14H,4-8H2,1-3H3,(H,15,18)(H,16,17). The number of amides is 2. The second-order valence-electron chi connectivity index (χ2n) is 5.34. The topological polar surface area (TPSA) is 70.2 Å². The smallest absolute Gasteiger partial charge is 0.223 e. The zero-order valence-corrected chi connectivity index (χ0v) is 11.6. The van der Waals surface area contributed by atoms with Crippen LogP contribution in [0.5, 0.6) is 0 Å². The predicted octanol–water partition coefficient (Wildman–Crippen LogP) is 0.405. The van der Waals surface area contributed by atoms with E-state index in [9.17, 15) is 9.59 Å². The first kappa shape index (κ1) is 15.0. The summed E-state index contributed by atoms with van der Waals surface area (Å²) in [6, 6.07) is 0.553. The van der Waals surface area contributed by atoms with Crippen LogP contribution in [-0.4, -0.2) is 37.0 Å². The van der Waals surface area contributed by atoms with Crippen molar-refractivity contribution in [2.24, 2.45) is 5.92 Å². The van der Waals surface area contributed by atoms with Gasteiger partial charge in [0.15, 0.2) is 0 Å². The van der Waals surface area contributed by atoms with Gasteiger partial charge in [0.05, 0.1) is 0 Å². The number of rotatable bonds is 5. The Hall–Kier alpha value is -1.10. The molecule has 5 heteroatoms. The largest absolute Gasteiger partial charge is 0.355 e. The van der Waals surface area contributed by atoms with Crippen molar-refractivity contribution in [3.8, 4) is 0 Å². The fraction of sp³-hybridized carbons (Fsp3) is 0.846. The Morgan fingerprint density at radius 1 is 1.39 bits per heavy atom. The van der Waals surface area contributed by atoms with E-state index in [1.54, 1.807) is 0 Å². The summed E-state index contributed by atoms with van der Waals surface area (Å²) in [4.78, 5) is 23.3. The molecule has 5 nitrogen and oxygen atoms in total. The van der Waals surface area contributed by atoms with Crippen LogP contribution < -0.4 is 16.0 Å². The van der Waals surface area contributed by atoms with Gasteiger partial charge < -0.3 is 16.0 Å². The van der Waals surface area contributed by atoms with Gasteiger partial charge >= 0.3 is 0 Å². The zero-order valence-electron chi connectivity index (χ0n) is 11.6. The van der Waals surface area contributed by atoms with Crippen molar-refractivity contribution in [3.05, 3.63) is 0 Å². The van der Waals surface area contributed by atoms with Gasteiger partial charge in [-0.3, -0.25) is 9.59 Å². The number of carbonyl (C=O) groups is 2. The van der Waals surface area contributed by atoms with E-state index in [2.05, 4.69) is 22.9 Å². The average Bonchev–Trinajstić information content (AvgIpc) is 2.27. The Morgan fingerprint density at radius 2 is 2.11 bits per heavy atom. The van der Waals surface area contributed by atoms with Crippen LogP contribution in [0, 0.1) is 5.92 Å². The molecule has 0 bridgehead atoms. The number of hydrogen-bond acceptors (Lipinski definition) is 3. The third kappa shape index (κ3) is 5.49. The van der Waals surface area contributed by atoms with Gasteiger partial charge in [-0.25, -0.2) is 0 Å². The molecule has 2 amide bonds. The molecular weight excluding hydrogens is 230 g/mol. The van der Waals surface area contributed by atoms with Gasteiger partial charge in [-0.2, -0.15) is 0 Å². The monoisotopic (exact) mass is 255 g/mol. The van der Waals surface area contributed by atoms with E-state index in [-0.39, 0.29) is 23.8 Å². The molecular formula is C13H25N3O2. The zero-order chi connectivity index (χ0) is 13.5. The van der Waals surface area contributed by atoms with Gasteiger partial charge in [0.2, 0.25) is 11.8 Å². The van der Waals surface area contributed by atoms with E-state index in [0.29, 0.717) is 19.0 Å². The summed E-state index contributed by atoms with van der Waals surface area (Å²) < 4.78 is 0. The Bertz CT molecular complexity index is 292. The molecule has 0 radical (unpaired) electrons. The number of hydrogen-bond donors (Lipinski definition) is 3. The van der Waals surface area contributed by atoms with Crippen molar-refractivity contribution < 1.29 is 9.59 Å². The van der Waals surface area contributed by atoms with E-state index in [1.807, 2.05) is 13.8 Å². The molecule has 1 heterocycles. The Labute approximate surface area is 109 Å².